The second kappa shape index (κ2) is 5.09. The minimum absolute atomic E-state index is 0.925. The Kier molecular flexibility index (Phi) is 4.81. The van der Waals surface area contributed by atoms with Gasteiger partial charge in [0.05, 0.1) is 6.26 Å². The summed E-state index contributed by atoms with van der Waals surface area (Å²) in [5.41, 5.74) is 0. The first-order valence-electron chi connectivity index (χ1n) is 2.75. The summed E-state index contributed by atoms with van der Waals surface area (Å²) in [5.74, 6) is 0. The molecule has 1 rings (SSSR count). The fourth-order valence-corrected chi connectivity index (χ4v) is 0.313. The van der Waals surface area contributed by atoms with Gasteiger partial charge in [-0.05, 0) is 12.1 Å². The molecule has 0 saturated carbocycles. The molecule has 0 atom stereocenters. The molecule has 0 saturated heterocycles. The lowest BCUT2D eigenvalue weighted by Crippen LogP contribution is -1.76. The summed E-state index contributed by atoms with van der Waals surface area (Å²) in [6, 6.07) is 5.72. The number of halogens is 1. The van der Waals surface area contributed by atoms with E-state index in [2.05, 4.69) is 15.7 Å². The number of aromatic nitrogens is 1. The van der Waals surface area contributed by atoms with Crippen LogP contribution in [0, 0.1) is 0 Å². The molecule has 0 unspecified atom stereocenters. The Labute approximate surface area is 70.5 Å². The van der Waals surface area contributed by atoms with E-state index < -0.39 is 9.05 Å². The monoisotopic (exact) mass is 193 g/mol. The first kappa shape index (κ1) is 10.4. The van der Waals surface area contributed by atoms with Crippen LogP contribution in [0.25, 0.3) is 0 Å². The molecule has 1 aromatic heterocycles. The molecule has 0 aliphatic rings. The van der Waals surface area contributed by atoms with E-state index in [1.165, 1.54) is 0 Å². The smallest absolute Gasteiger partial charge is 0.229 e. The van der Waals surface area contributed by atoms with Crippen molar-refractivity contribution < 1.29 is 8.42 Å². The Morgan fingerprint density at radius 3 is 1.64 bits per heavy atom. The second-order valence-corrected chi connectivity index (χ2v) is 4.75. The Balaban J connectivity index is 0.000000187. The molecule has 3 nitrogen and oxygen atoms in total. The van der Waals surface area contributed by atoms with Crippen LogP contribution in [0.15, 0.2) is 30.6 Å². The lowest BCUT2D eigenvalue weighted by atomic mass is 10.5. The molecule has 11 heavy (non-hydrogen) atoms. The number of rotatable bonds is 0. The number of hydrogen-bond acceptors (Lipinski definition) is 3. The number of hydrogen-bond donors (Lipinski definition) is 0. The van der Waals surface area contributed by atoms with Crippen LogP contribution in [0.4, 0.5) is 0 Å². The van der Waals surface area contributed by atoms with Crippen molar-refractivity contribution in [3.63, 3.8) is 0 Å². The van der Waals surface area contributed by atoms with Crippen LogP contribution in [-0.4, -0.2) is 19.7 Å². The Morgan fingerprint density at radius 2 is 1.55 bits per heavy atom. The second-order valence-electron chi connectivity index (χ2n) is 1.71. The highest BCUT2D eigenvalue weighted by atomic mass is 35.7. The lowest BCUT2D eigenvalue weighted by molar-refractivity contribution is 0.615. The maximum absolute atomic E-state index is 9.40. The molecule has 62 valence electrons. The maximum atomic E-state index is 9.40. The van der Waals surface area contributed by atoms with Crippen molar-refractivity contribution in [3.05, 3.63) is 30.6 Å². The zero-order chi connectivity index (χ0) is 8.74. The van der Waals surface area contributed by atoms with Gasteiger partial charge in [-0.3, -0.25) is 4.98 Å². The van der Waals surface area contributed by atoms with Crippen LogP contribution in [0.1, 0.15) is 0 Å². The summed E-state index contributed by atoms with van der Waals surface area (Å²) in [6.45, 7) is 0. The van der Waals surface area contributed by atoms with Crippen LogP contribution in [-0.2, 0) is 9.05 Å². The largest absolute Gasteiger partial charge is 0.265 e. The van der Waals surface area contributed by atoms with Gasteiger partial charge in [-0.15, -0.1) is 0 Å². The molecule has 5 heteroatoms. The molecule has 0 aliphatic heterocycles. The van der Waals surface area contributed by atoms with Gasteiger partial charge in [-0.2, -0.15) is 0 Å². The van der Waals surface area contributed by atoms with Crippen LogP contribution < -0.4 is 0 Å². The van der Waals surface area contributed by atoms with E-state index in [1.54, 1.807) is 12.4 Å². The SMILES string of the molecule is CS(=O)(=O)Cl.c1ccncc1. The maximum Gasteiger partial charge on any atom is 0.229 e. The first-order valence-corrected chi connectivity index (χ1v) is 5.46. The Bertz CT molecular complexity index is 237. The summed E-state index contributed by atoms with van der Waals surface area (Å²) in [6.07, 6.45) is 4.43. The van der Waals surface area contributed by atoms with Crippen molar-refractivity contribution in [1.82, 2.24) is 4.98 Å². The van der Waals surface area contributed by atoms with Crippen molar-refractivity contribution in [2.24, 2.45) is 0 Å². The minimum atomic E-state index is -3.19. The fraction of sp³-hybridized carbons (Fsp3) is 0.167. The van der Waals surface area contributed by atoms with Gasteiger partial charge in [0, 0.05) is 23.1 Å². The molecule has 1 aromatic rings. The summed E-state index contributed by atoms with van der Waals surface area (Å²) in [4.78, 5) is 3.78. The van der Waals surface area contributed by atoms with E-state index in [0.717, 1.165) is 6.26 Å². The van der Waals surface area contributed by atoms with Gasteiger partial charge in [0.25, 0.3) is 0 Å². The van der Waals surface area contributed by atoms with E-state index in [0.29, 0.717) is 0 Å². The Morgan fingerprint density at radius 1 is 1.18 bits per heavy atom. The molecule has 0 spiro atoms. The molecule has 0 amide bonds. The standard InChI is InChI=1S/C5H5N.CH3ClO2S/c1-2-4-6-5-3-1;1-5(2,3)4/h1-5H;1H3. The zero-order valence-corrected chi connectivity index (χ0v) is 7.51. The molecule has 0 aliphatic carbocycles. The third-order valence-corrected chi connectivity index (χ3v) is 0.566. The van der Waals surface area contributed by atoms with Crippen LogP contribution >= 0.6 is 10.7 Å². The van der Waals surface area contributed by atoms with Crippen LogP contribution in [0.5, 0.6) is 0 Å². The normalized spacial score (nSPS) is 9.64. The van der Waals surface area contributed by atoms with E-state index in [-0.39, 0.29) is 0 Å². The van der Waals surface area contributed by atoms with Crippen molar-refractivity contribution >= 4 is 19.7 Å². The fourth-order valence-electron chi connectivity index (χ4n) is 0.313. The average Bonchev–Trinajstić information content (AvgIpc) is 1.88. The zero-order valence-electron chi connectivity index (χ0n) is 5.94. The van der Waals surface area contributed by atoms with E-state index >= 15 is 0 Å². The molecule has 0 aromatic carbocycles. The topological polar surface area (TPSA) is 47.0 Å². The summed E-state index contributed by atoms with van der Waals surface area (Å²) in [5, 5.41) is 0. The Hall–Kier alpha value is -0.610. The van der Waals surface area contributed by atoms with Gasteiger partial charge in [0.15, 0.2) is 0 Å². The summed E-state index contributed by atoms with van der Waals surface area (Å²) < 4.78 is 18.8. The molecule has 0 bridgehead atoms. The highest BCUT2D eigenvalue weighted by molar-refractivity contribution is 8.13. The molecule has 0 fully saturated rings. The van der Waals surface area contributed by atoms with Crippen molar-refractivity contribution in [3.8, 4) is 0 Å². The van der Waals surface area contributed by atoms with E-state index in [1.807, 2.05) is 18.2 Å². The minimum Gasteiger partial charge on any atom is -0.265 e. The third-order valence-electron chi connectivity index (χ3n) is 0.566. The van der Waals surface area contributed by atoms with Crippen molar-refractivity contribution in [2.45, 2.75) is 0 Å². The van der Waals surface area contributed by atoms with E-state index in [9.17, 15) is 8.42 Å². The molecular weight excluding hydrogens is 186 g/mol. The number of nitrogens with zero attached hydrogens (tertiary/aromatic N) is 1. The lowest BCUT2D eigenvalue weighted by Gasteiger charge is -1.70. The molecule has 0 N–H and O–H groups in total. The average molecular weight is 194 g/mol. The number of pyridine rings is 1. The van der Waals surface area contributed by atoms with Crippen molar-refractivity contribution in [1.29, 1.82) is 0 Å². The molecular formula is C6H8ClNO2S. The quantitative estimate of drug-likeness (QED) is 0.583. The predicted octanol–water partition coefficient (Wildman–Crippen LogP) is 1.27. The van der Waals surface area contributed by atoms with Gasteiger partial charge < -0.3 is 0 Å². The van der Waals surface area contributed by atoms with Gasteiger partial charge in [0.1, 0.15) is 0 Å². The van der Waals surface area contributed by atoms with E-state index in [4.69, 9.17) is 0 Å². The van der Waals surface area contributed by atoms with Crippen LogP contribution in [0.2, 0.25) is 0 Å². The third kappa shape index (κ3) is 17.7. The molecule has 1 heterocycles. The summed E-state index contributed by atoms with van der Waals surface area (Å²) in [7, 11) is 1.31. The van der Waals surface area contributed by atoms with Gasteiger partial charge in [-0.25, -0.2) is 8.42 Å². The van der Waals surface area contributed by atoms with Crippen LogP contribution in [0.3, 0.4) is 0 Å². The highest BCUT2D eigenvalue weighted by Gasteiger charge is 1.83. The van der Waals surface area contributed by atoms with Gasteiger partial charge in [0.2, 0.25) is 9.05 Å². The predicted molar refractivity (Wildman–Crippen MR) is 44.9 cm³/mol. The highest BCUT2D eigenvalue weighted by Crippen LogP contribution is 1.83. The van der Waals surface area contributed by atoms with Crippen molar-refractivity contribution in [2.75, 3.05) is 6.26 Å². The van der Waals surface area contributed by atoms with Gasteiger partial charge in [-0.1, -0.05) is 6.07 Å². The molecule has 0 radical (unpaired) electrons. The summed E-state index contributed by atoms with van der Waals surface area (Å²) >= 11 is 0. The first-order chi connectivity index (χ1) is 5.00. The van der Waals surface area contributed by atoms with Gasteiger partial charge >= 0.3 is 0 Å².